The van der Waals surface area contributed by atoms with E-state index in [0.717, 1.165) is 11.3 Å². The van der Waals surface area contributed by atoms with E-state index in [4.69, 9.17) is 5.73 Å². The van der Waals surface area contributed by atoms with E-state index in [1.165, 1.54) is 24.4 Å². The van der Waals surface area contributed by atoms with E-state index in [1.54, 1.807) is 35.4 Å². The number of hydrogen-bond acceptors (Lipinski definition) is 7. The number of amides is 2. The van der Waals surface area contributed by atoms with Gasteiger partial charge in [-0.1, -0.05) is 18.2 Å². The van der Waals surface area contributed by atoms with Gasteiger partial charge >= 0.3 is 6.03 Å². The minimum Gasteiger partial charge on any atom is -0.368 e. The number of nitrogens with zero attached hydrogens (tertiary/aromatic N) is 4. The van der Waals surface area contributed by atoms with Crippen LogP contribution in [0.3, 0.4) is 0 Å². The van der Waals surface area contributed by atoms with Gasteiger partial charge in [0.15, 0.2) is 0 Å². The van der Waals surface area contributed by atoms with Crippen LogP contribution in [0.1, 0.15) is 17.0 Å². The summed E-state index contributed by atoms with van der Waals surface area (Å²) in [6.07, 6.45) is 2.92. The Balaban J connectivity index is 1.38. The number of benzene rings is 1. The number of carbonyl (C=O) groups is 1. The van der Waals surface area contributed by atoms with Gasteiger partial charge in [0.1, 0.15) is 0 Å². The lowest BCUT2D eigenvalue weighted by Crippen LogP contribution is -2.36. The zero-order valence-electron chi connectivity index (χ0n) is 15.3. The molecule has 1 aliphatic heterocycles. The van der Waals surface area contributed by atoms with E-state index in [2.05, 4.69) is 20.3 Å². The van der Waals surface area contributed by atoms with Gasteiger partial charge in [0.25, 0.3) is 0 Å². The van der Waals surface area contributed by atoms with E-state index in [0.29, 0.717) is 18.8 Å². The van der Waals surface area contributed by atoms with Crippen LogP contribution in [0.5, 0.6) is 0 Å². The fraction of sp³-hybridized carbons (Fsp3) is 0.158. The molecule has 0 saturated heterocycles. The molecule has 148 valence electrons. The Hall–Kier alpha value is -3.53. The molecule has 0 unspecified atom stereocenters. The van der Waals surface area contributed by atoms with Gasteiger partial charge in [-0.25, -0.2) is 23.2 Å². The van der Waals surface area contributed by atoms with E-state index in [9.17, 15) is 13.2 Å². The summed E-state index contributed by atoms with van der Waals surface area (Å²) in [5.41, 5.74) is 7.72. The average molecular weight is 410 g/mol. The molecule has 0 saturated carbocycles. The highest BCUT2D eigenvalue weighted by atomic mass is 32.2. The predicted molar refractivity (Wildman–Crippen MR) is 104 cm³/mol. The van der Waals surface area contributed by atoms with Crippen molar-refractivity contribution < 1.29 is 13.2 Å². The number of rotatable bonds is 4. The fourth-order valence-electron chi connectivity index (χ4n) is 3.00. The number of nitrogens with one attached hydrogen (secondary N) is 1. The highest BCUT2D eigenvalue weighted by molar-refractivity contribution is 7.91. The van der Waals surface area contributed by atoms with Crippen molar-refractivity contribution in [2.75, 3.05) is 5.73 Å². The van der Waals surface area contributed by atoms with Crippen LogP contribution in [-0.4, -0.2) is 34.3 Å². The van der Waals surface area contributed by atoms with Crippen LogP contribution < -0.4 is 11.1 Å². The summed E-state index contributed by atoms with van der Waals surface area (Å²) >= 11 is 0. The van der Waals surface area contributed by atoms with E-state index in [1.807, 2.05) is 0 Å². The summed E-state index contributed by atoms with van der Waals surface area (Å²) in [5.74, 6) is 0.181. The Morgan fingerprint density at radius 2 is 1.83 bits per heavy atom. The molecule has 1 aliphatic rings. The number of fused-ring (bicyclic) bond motifs is 1. The second-order valence-electron chi connectivity index (χ2n) is 6.52. The molecule has 10 heteroatoms. The van der Waals surface area contributed by atoms with E-state index < -0.39 is 9.84 Å². The van der Waals surface area contributed by atoms with Crippen molar-refractivity contribution in [3.63, 3.8) is 0 Å². The number of aromatic nitrogens is 3. The molecule has 29 heavy (non-hydrogen) atoms. The molecule has 0 radical (unpaired) electrons. The molecule has 2 aromatic heterocycles. The molecule has 2 amide bonds. The third kappa shape index (κ3) is 3.87. The summed E-state index contributed by atoms with van der Waals surface area (Å²) in [4.78, 5) is 26.5. The van der Waals surface area contributed by atoms with E-state index in [-0.39, 0.29) is 28.3 Å². The Morgan fingerprint density at radius 1 is 1.03 bits per heavy atom. The lowest BCUT2D eigenvalue weighted by molar-refractivity contribution is 0.197. The molecule has 3 aromatic rings. The molecule has 0 aliphatic carbocycles. The molecule has 1 aromatic carbocycles. The third-order valence-corrected chi connectivity index (χ3v) is 6.30. The van der Waals surface area contributed by atoms with Gasteiger partial charge in [-0.3, -0.25) is 4.98 Å². The molecule has 0 atom stereocenters. The van der Waals surface area contributed by atoms with Crippen molar-refractivity contribution in [1.29, 1.82) is 0 Å². The molecule has 0 fully saturated rings. The maximum atomic E-state index is 12.6. The third-order valence-electron chi connectivity index (χ3n) is 4.54. The minimum absolute atomic E-state index is 0.102. The number of carbonyl (C=O) groups excluding carboxylic acids is 1. The van der Waals surface area contributed by atoms with Crippen LogP contribution >= 0.6 is 0 Å². The number of hydrogen-bond donors (Lipinski definition) is 2. The zero-order valence-corrected chi connectivity index (χ0v) is 16.1. The normalized spacial score (nSPS) is 13.2. The van der Waals surface area contributed by atoms with Crippen LogP contribution in [-0.2, 0) is 29.5 Å². The molecule has 0 spiro atoms. The van der Waals surface area contributed by atoms with Crippen LogP contribution in [0.4, 0.5) is 10.7 Å². The Labute approximate surface area is 167 Å². The maximum Gasteiger partial charge on any atom is 0.318 e. The number of nitrogens with two attached hydrogens (primary N) is 1. The summed E-state index contributed by atoms with van der Waals surface area (Å²) in [7, 11) is -3.62. The quantitative estimate of drug-likeness (QED) is 0.666. The number of nitrogen functional groups attached to an aromatic ring is 1. The largest absolute Gasteiger partial charge is 0.368 e. The minimum atomic E-state index is -3.62. The lowest BCUT2D eigenvalue weighted by Gasteiger charge is -2.16. The first-order chi connectivity index (χ1) is 13.9. The summed E-state index contributed by atoms with van der Waals surface area (Å²) in [6, 6.07) is 11.0. The molecular weight excluding hydrogens is 392 g/mol. The number of anilines is 1. The van der Waals surface area contributed by atoms with Gasteiger partial charge in [0, 0.05) is 18.0 Å². The first kappa shape index (κ1) is 18.8. The van der Waals surface area contributed by atoms with Crippen molar-refractivity contribution in [2.24, 2.45) is 0 Å². The summed E-state index contributed by atoms with van der Waals surface area (Å²) in [5, 5.41) is 2.78. The zero-order chi connectivity index (χ0) is 20.4. The monoisotopic (exact) mass is 410 g/mol. The number of pyridine rings is 1. The van der Waals surface area contributed by atoms with Gasteiger partial charge in [0.05, 0.1) is 40.8 Å². The van der Waals surface area contributed by atoms with Crippen LogP contribution in [0.25, 0.3) is 0 Å². The van der Waals surface area contributed by atoms with Crippen LogP contribution in [0, 0.1) is 0 Å². The first-order valence-corrected chi connectivity index (χ1v) is 10.3. The van der Waals surface area contributed by atoms with Crippen molar-refractivity contribution in [3.05, 3.63) is 71.8 Å². The van der Waals surface area contributed by atoms with Crippen molar-refractivity contribution in [3.8, 4) is 0 Å². The Morgan fingerprint density at radius 3 is 2.55 bits per heavy atom. The predicted octanol–water partition coefficient (Wildman–Crippen LogP) is 1.51. The standard InChI is InChI=1S/C19H18N6O3S/c20-18-22-8-13-11-25(12-17(13)24-18)19(26)23-9-14-6-7-16(10-21-14)29(27,28)15-4-2-1-3-5-15/h1-8,10H,9,11-12H2,(H,23,26)(H2,20,22,24). The first-order valence-electron chi connectivity index (χ1n) is 8.81. The molecule has 3 heterocycles. The van der Waals surface area contributed by atoms with Gasteiger partial charge in [0.2, 0.25) is 15.8 Å². The number of urea groups is 1. The van der Waals surface area contributed by atoms with Gasteiger partial charge < -0.3 is 16.0 Å². The van der Waals surface area contributed by atoms with Gasteiger partial charge in [-0.15, -0.1) is 0 Å². The second-order valence-corrected chi connectivity index (χ2v) is 8.47. The highest BCUT2D eigenvalue weighted by Crippen LogP contribution is 2.21. The molecule has 3 N–H and O–H groups in total. The van der Waals surface area contributed by atoms with Crippen molar-refractivity contribution >= 4 is 21.8 Å². The average Bonchev–Trinajstić information content (AvgIpc) is 3.16. The van der Waals surface area contributed by atoms with Crippen LogP contribution in [0.2, 0.25) is 0 Å². The maximum absolute atomic E-state index is 12.6. The van der Waals surface area contributed by atoms with Crippen molar-refractivity contribution in [1.82, 2.24) is 25.2 Å². The van der Waals surface area contributed by atoms with E-state index >= 15 is 0 Å². The number of sulfone groups is 1. The van der Waals surface area contributed by atoms with Gasteiger partial charge in [-0.2, -0.15) is 0 Å². The molecule has 0 bridgehead atoms. The molecule has 4 rings (SSSR count). The molecule has 9 nitrogen and oxygen atoms in total. The molecular formula is C19H18N6O3S. The lowest BCUT2D eigenvalue weighted by atomic mass is 10.3. The highest BCUT2D eigenvalue weighted by Gasteiger charge is 2.25. The summed E-state index contributed by atoms with van der Waals surface area (Å²) in [6.45, 7) is 0.934. The van der Waals surface area contributed by atoms with Crippen LogP contribution in [0.15, 0.2) is 64.6 Å². The SMILES string of the molecule is Nc1ncc2c(n1)CN(C(=O)NCc1ccc(S(=O)(=O)c3ccccc3)cn1)C2. The van der Waals surface area contributed by atoms with Gasteiger partial charge in [-0.05, 0) is 24.3 Å². The topological polar surface area (TPSA) is 131 Å². The summed E-state index contributed by atoms with van der Waals surface area (Å²) < 4.78 is 25.2. The second kappa shape index (κ2) is 7.47. The Kier molecular flexibility index (Phi) is 4.85. The fourth-order valence-corrected chi connectivity index (χ4v) is 4.23. The Bertz CT molecular complexity index is 1150. The smallest absolute Gasteiger partial charge is 0.318 e. The van der Waals surface area contributed by atoms with Crippen molar-refractivity contribution in [2.45, 2.75) is 29.4 Å².